The molecule has 110 valence electrons. The van der Waals surface area contributed by atoms with Gasteiger partial charge >= 0.3 is 0 Å². The highest BCUT2D eigenvalue weighted by Crippen LogP contribution is 2.16. The van der Waals surface area contributed by atoms with Crippen molar-refractivity contribution in [3.8, 4) is 6.07 Å². The summed E-state index contributed by atoms with van der Waals surface area (Å²) in [5.41, 5.74) is 6.96. The van der Waals surface area contributed by atoms with Crippen LogP contribution in [0, 0.1) is 17.1 Å². The summed E-state index contributed by atoms with van der Waals surface area (Å²) in [6.45, 7) is 1.69. The van der Waals surface area contributed by atoms with Crippen LogP contribution >= 0.6 is 12.2 Å². The number of hydrogen-bond acceptors (Lipinski definition) is 4. The van der Waals surface area contributed by atoms with Crippen LogP contribution in [0.25, 0.3) is 0 Å². The molecule has 2 rings (SSSR count). The Morgan fingerprint density at radius 3 is 2.43 bits per heavy atom. The third-order valence-electron chi connectivity index (χ3n) is 3.39. The standard InChI is InChI=1S/C15H17FN4S/c16-11-4-6-12(7-5-11)19-15(21)13(10-17)14(18)20-8-2-1-3-9-20/h4-7H,1-3,8-9,18H2,(H,19,21)/b14-13+. The largest absolute Gasteiger partial charge is 0.384 e. The lowest BCUT2D eigenvalue weighted by Gasteiger charge is -2.29. The number of rotatable bonds is 3. The fraction of sp³-hybridized carbons (Fsp3) is 0.333. The molecule has 0 aliphatic carbocycles. The summed E-state index contributed by atoms with van der Waals surface area (Å²) < 4.78 is 12.9. The molecule has 1 aliphatic heterocycles. The Morgan fingerprint density at radius 1 is 1.24 bits per heavy atom. The molecule has 3 N–H and O–H groups in total. The van der Waals surface area contributed by atoms with Crippen LogP contribution in [0.3, 0.4) is 0 Å². The number of nitriles is 1. The molecule has 0 amide bonds. The predicted molar refractivity (Wildman–Crippen MR) is 84.9 cm³/mol. The first-order valence-electron chi connectivity index (χ1n) is 6.83. The van der Waals surface area contributed by atoms with Crippen molar-refractivity contribution in [2.75, 3.05) is 18.4 Å². The minimum atomic E-state index is -0.324. The van der Waals surface area contributed by atoms with Gasteiger partial charge in [-0.3, -0.25) is 0 Å². The molecule has 0 atom stereocenters. The summed E-state index contributed by atoms with van der Waals surface area (Å²) in [5.74, 6) is 0.0900. The monoisotopic (exact) mass is 304 g/mol. The number of piperidine rings is 1. The summed E-state index contributed by atoms with van der Waals surface area (Å²) in [7, 11) is 0. The highest BCUT2D eigenvalue weighted by atomic mass is 32.1. The van der Waals surface area contributed by atoms with E-state index in [4.69, 9.17) is 18.0 Å². The zero-order valence-corrected chi connectivity index (χ0v) is 12.4. The number of hydrogen-bond donors (Lipinski definition) is 2. The second-order valence-electron chi connectivity index (χ2n) is 4.88. The van der Waals surface area contributed by atoms with Crippen LogP contribution in [0.5, 0.6) is 0 Å². The number of likely N-dealkylation sites (tertiary alicyclic amines) is 1. The van der Waals surface area contributed by atoms with Gasteiger partial charge in [0.25, 0.3) is 0 Å². The number of thiocarbonyl (C=S) groups is 1. The van der Waals surface area contributed by atoms with Gasteiger partial charge in [-0.25, -0.2) is 4.39 Å². The van der Waals surface area contributed by atoms with Gasteiger partial charge in [0.2, 0.25) is 0 Å². The molecule has 0 spiro atoms. The van der Waals surface area contributed by atoms with Gasteiger partial charge in [-0.2, -0.15) is 5.26 Å². The average Bonchev–Trinajstić information content (AvgIpc) is 2.51. The molecule has 0 aromatic heterocycles. The predicted octanol–water partition coefficient (Wildman–Crippen LogP) is 2.74. The lowest BCUT2D eigenvalue weighted by Crippen LogP contribution is -2.35. The van der Waals surface area contributed by atoms with Crippen molar-refractivity contribution in [2.24, 2.45) is 5.73 Å². The molecule has 0 radical (unpaired) electrons. The molecule has 0 unspecified atom stereocenters. The van der Waals surface area contributed by atoms with E-state index in [2.05, 4.69) is 11.4 Å². The quantitative estimate of drug-likeness (QED) is 0.511. The first kappa shape index (κ1) is 15.3. The summed E-state index contributed by atoms with van der Waals surface area (Å²) in [6.07, 6.45) is 3.32. The van der Waals surface area contributed by atoms with E-state index < -0.39 is 0 Å². The van der Waals surface area contributed by atoms with Crippen molar-refractivity contribution in [3.63, 3.8) is 0 Å². The van der Waals surface area contributed by atoms with Gasteiger partial charge in [-0.05, 0) is 43.5 Å². The molecule has 1 aromatic rings. The molecule has 1 saturated heterocycles. The molecule has 1 aliphatic rings. The van der Waals surface area contributed by atoms with Crippen LogP contribution < -0.4 is 11.1 Å². The Balaban J connectivity index is 2.14. The molecule has 6 heteroatoms. The van der Waals surface area contributed by atoms with Gasteiger partial charge < -0.3 is 16.0 Å². The summed E-state index contributed by atoms with van der Waals surface area (Å²) in [6, 6.07) is 7.85. The molecule has 1 aromatic carbocycles. The second-order valence-corrected chi connectivity index (χ2v) is 5.29. The fourth-order valence-corrected chi connectivity index (χ4v) is 2.51. The van der Waals surface area contributed by atoms with Gasteiger partial charge in [-0.15, -0.1) is 0 Å². The average molecular weight is 304 g/mol. The fourth-order valence-electron chi connectivity index (χ4n) is 2.24. The third-order valence-corrected chi connectivity index (χ3v) is 3.70. The first-order chi connectivity index (χ1) is 10.1. The zero-order valence-electron chi connectivity index (χ0n) is 11.6. The maximum Gasteiger partial charge on any atom is 0.127 e. The van der Waals surface area contributed by atoms with E-state index in [9.17, 15) is 9.65 Å². The van der Waals surface area contributed by atoms with E-state index in [0.29, 0.717) is 11.5 Å². The minimum Gasteiger partial charge on any atom is -0.384 e. The molecule has 1 fully saturated rings. The molecule has 4 nitrogen and oxygen atoms in total. The van der Waals surface area contributed by atoms with E-state index in [1.807, 2.05) is 4.90 Å². The van der Waals surface area contributed by atoms with Crippen molar-refractivity contribution in [1.29, 1.82) is 5.26 Å². The first-order valence-corrected chi connectivity index (χ1v) is 7.24. The number of halogens is 1. The van der Waals surface area contributed by atoms with Gasteiger partial charge in [0.1, 0.15) is 28.3 Å². The van der Waals surface area contributed by atoms with Crippen LogP contribution in [0.15, 0.2) is 35.7 Å². The van der Waals surface area contributed by atoms with E-state index in [-0.39, 0.29) is 16.4 Å². The maximum atomic E-state index is 12.9. The maximum absolute atomic E-state index is 12.9. The third kappa shape index (κ3) is 3.92. The Morgan fingerprint density at radius 2 is 1.86 bits per heavy atom. The van der Waals surface area contributed by atoms with Crippen molar-refractivity contribution in [2.45, 2.75) is 19.3 Å². The Bertz CT molecular complexity index is 583. The van der Waals surface area contributed by atoms with Crippen molar-refractivity contribution < 1.29 is 4.39 Å². The van der Waals surface area contributed by atoms with E-state index >= 15 is 0 Å². The lowest BCUT2D eigenvalue weighted by atomic mass is 10.1. The molecular weight excluding hydrogens is 287 g/mol. The molecule has 21 heavy (non-hydrogen) atoms. The van der Waals surface area contributed by atoms with E-state index in [0.717, 1.165) is 25.9 Å². The number of benzene rings is 1. The Labute approximate surface area is 129 Å². The topological polar surface area (TPSA) is 65.1 Å². The normalized spacial score (nSPS) is 15.9. The van der Waals surface area contributed by atoms with Crippen molar-refractivity contribution in [3.05, 3.63) is 41.5 Å². The van der Waals surface area contributed by atoms with Crippen molar-refractivity contribution >= 4 is 22.9 Å². The molecule has 1 heterocycles. The molecule has 0 saturated carbocycles. The van der Waals surface area contributed by atoms with Crippen LogP contribution in [-0.2, 0) is 0 Å². The Kier molecular flexibility index (Phi) is 5.12. The number of nitrogens with one attached hydrogen (secondary N) is 1. The number of nitrogens with two attached hydrogens (primary N) is 1. The SMILES string of the molecule is N#C/C(C(=S)Nc1ccc(F)cc1)=C(/N)N1CCCCC1. The van der Waals surface area contributed by atoms with E-state index in [1.54, 1.807) is 12.1 Å². The van der Waals surface area contributed by atoms with Crippen molar-refractivity contribution in [1.82, 2.24) is 4.90 Å². The Hall–Kier alpha value is -2.13. The van der Waals surface area contributed by atoms with Crippen LogP contribution in [0.4, 0.5) is 10.1 Å². The van der Waals surface area contributed by atoms with Gasteiger partial charge in [-0.1, -0.05) is 12.2 Å². The smallest absolute Gasteiger partial charge is 0.127 e. The highest BCUT2D eigenvalue weighted by molar-refractivity contribution is 7.81. The number of anilines is 1. The summed E-state index contributed by atoms with van der Waals surface area (Å²) >= 11 is 5.24. The van der Waals surface area contributed by atoms with E-state index in [1.165, 1.54) is 18.6 Å². The highest BCUT2D eigenvalue weighted by Gasteiger charge is 2.17. The summed E-state index contributed by atoms with van der Waals surface area (Å²) in [5, 5.41) is 12.2. The second kappa shape index (κ2) is 7.04. The van der Waals surface area contributed by atoms with Gasteiger partial charge in [0.15, 0.2) is 0 Å². The lowest BCUT2D eigenvalue weighted by molar-refractivity contribution is 0.282. The molecular formula is C15H17FN4S. The minimum absolute atomic E-state index is 0.257. The molecule has 0 bridgehead atoms. The van der Waals surface area contributed by atoms with Gasteiger partial charge in [0, 0.05) is 18.8 Å². The van der Waals surface area contributed by atoms with Crippen LogP contribution in [0.2, 0.25) is 0 Å². The van der Waals surface area contributed by atoms with Gasteiger partial charge in [0.05, 0.1) is 0 Å². The zero-order chi connectivity index (χ0) is 15.2. The number of nitrogens with zero attached hydrogens (tertiary/aromatic N) is 2. The van der Waals surface area contributed by atoms with Crippen LogP contribution in [-0.4, -0.2) is 23.0 Å². The van der Waals surface area contributed by atoms with Crippen LogP contribution in [0.1, 0.15) is 19.3 Å². The summed E-state index contributed by atoms with van der Waals surface area (Å²) in [4.78, 5) is 2.24.